The molecule has 2 aromatic carbocycles. The monoisotopic (exact) mass is 294 g/mol. The lowest BCUT2D eigenvalue weighted by molar-refractivity contribution is 0.338. The van der Waals surface area contributed by atoms with Gasteiger partial charge in [0, 0.05) is 0 Å². The molecule has 0 radical (unpaired) electrons. The van der Waals surface area contributed by atoms with Gasteiger partial charge in [-0.05, 0) is 11.1 Å². The van der Waals surface area contributed by atoms with E-state index in [1.165, 1.54) is 11.1 Å². The highest BCUT2D eigenvalue weighted by atomic mass is 28.3. The minimum absolute atomic E-state index is 0.147. The summed E-state index contributed by atoms with van der Waals surface area (Å²) in [7, 11) is -1.20. The van der Waals surface area contributed by atoms with Crippen molar-refractivity contribution in [2.45, 2.75) is 31.3 Å². The van der Waals surface area contributed by atoms with Crippen LogP contribution in [0.5, 0.6) is 0 Å². The van der Waals surface area contributed by atoms with Gasteiger partial charge in [-0.25, -0.2) is 0 Å². The van der Waals surface area contributed by atoms with Crippen LogP contribution in [0.25, 0.3) is 0 Å². The standard InChI is InChI=1S/C19H22OSi/c1-21(2,3)15-14-18-19(20-18,16-10-6-4-7-11-16)17-12-8-5-9-13-17/h4-15,18H,1-3H3/b15-14+. The fraction of sp³-hybridized carbons (Fsp3) is 0.263. The van der Waals surface area contributed by atoms with Gasteiger partial charge in [0.05, 0.1) is 8.07 Å². The summed E-state index contributed by atoms with van der Waals surface area (Å²) in [5.41, 5.74) is 4.56. The molecule has 1 unspecified atom stereocenters. The van der Waals surface area contributed by atoms with Gasteiger partial charge in [-0.15, -0.1) is 0 Å². The van der Waals surface area contributed by atoms with Crippen molar-refractivity contribution in [3.8, 4) is 0 Å². The molecular weight excluding hydrogens is 272 g/mol. The second kappa shape index (κ2) is 5.28. The number of hydrogen-bond acceptors (Lipinski definition) is 1. The van der Waals surface area contributed by atoms with Crippen molar-refractivity contribution in [1.29, 1.82) is 0 Å². The van der Waals surface area contributed by atoms with Gasteiger partial charge in [0.25, 0.3) is 0 Å². The number of epoxide rings is 1. The minimum Gasteiger partial charge on any atom is -0.351 e. The molecule has 0 saturated carbocycles. The zero-order valence-corrected chi connectivity index (χ0v) is 13.9. The van der Waals surface area contributed by atoms with Crippen molar-refractivity contribution in [3.63, 3.8) is 0 Å². The summed E-state index contributed by atoms with van der Waals surface area (Å²) < 4.78 is 6.21. The summed E-state index contributed by atoms with van der Waals surface area (Å²) in [5, 5.41) is 0. The Balaban J connectivity index is 1.98. The van der Waals surface area contributed by atoms with E-state index in [0.29, 0.717) is 0 Å². The van der Waals surface area contributed by atoms with E-state index in [2.05, 4.69) is 92.1 Å². The molecule has 1 atom stereocenters. The molecule has 108 valence electrons. The Hall–Kier alpha value is -1.64. The molecule has 2 aromatic rings. The smallest absolute Gasteiger partial charge is 0.149 e. The van der Waals surface area contributed by atoms with E-state index in [9.17, 15) is 0 Å². The van der Waals surface area contributed by atoms with Gasteiger partial charge < -0.3 is 4.74 Å². The number of benzene rings is 2. The summed E-state index contributed by atoms with van der Waals surface area (Å²) in [4.78, 5) is 0. The summed E-state index contributed by atoms with van der Waals surface area (Å²) in [6, 6.07) is 21.1. The molecule has 21 heavy (non-hydrogen) atoms. The molecule has 1 heterocycles. The van der Waals surface area contributed by atoms with E-state index in [0.717, 1.165) is 0 Å². The molecule has 0 aliphatic carbocycles. The van der Waals surface area contributed by atoms with Gasteiger partial charge in [-0.2, -0.15) is 0 Å². The Morgan fingerprint density at radius 2 is 1.33 bits per heavy atom. The third-order valence-corrected chi connectivity index (χ3v) is 5.03. The summed E-state index contributed by atoms with van der Waals surface area (Å²) >= 11 is 0. The molecule has 1 fully saturated rings. The van der Waals surface area contributed by atoms with Crippen molar-refractivity contribution in [2.24, 2.45) is 0 Å². The van der Waals surface area contributed by atoms with E-state index in [1.54, 1.807) is 0 Å². The van der Waals surface area contributed by atoms with E-state index >= 15 is 0 Å². The molecule has 0 spiro atoms. The van der Waals surface area contributed by atoms with Crippen molar-refractivity contribution in [2.75, 3.05) is 0 Å². The van der Waals surface area contributed by atoms with Gasteiger partial charge in [-0.3, -0.25) is 0 Å². The molecule has 0 amide bonds. The highest BCUT2D eigenvalue weighted by Crippen LogP contribution is 2.52. The zero-order chi connectivity index (χ0) is 14.9. The average molecular weight is 294 g/mol. The fourth-order valence-electron chi connectivity index (χ4n) is 2.72. The van der Waals surface area contributed by atoms with Crippen molar-refractivity contribution >= 4 is 8.07 Å². The molecule has 0 N–H and O–H groups in total. The number of ether oxygens (including phenoxy) is 1. The first-order chi connectivity index (χ1) is 10.0. The maximum atomic E-state index is 6.21. The van der Waals surface area contributed by atoms with Crippen molar-refractivity contribution in [3.05, 3.63) is 83.6 Å². The van der Waals surface area contributed by atoms with Crippen LogP contribution in [0.1, 0.15) is 11.1 Å². The van der Waals surface area contributed by atoms with Crippen LogP contribution < -0.4 is 0 Å². The third kappa shape index (κ3) is 2.87. The fourth-order valence-corrected chi connectivity index (χ4v) is 3.47. The summed E-state index contributed by atoms with van der Waals surface area (Å²) in [6.45, 7) is 7.04. The first-order valence-electron chi connectivity index (χ1n) is 7.51. The Morgan fingerprint density at radius 1 is 0.857 bits per heavy atom. The minimum atomic E-state index is -1.20. The first-order valence-corrected chi connectivity index (χ1v) is 11.1. The molecule has 0 bridgehead atoms. The Labute approximate surface area is 128 Å². The molecule has 0 aromatic heterocycles. The summed E-state index contributed by atoms with van der Waals surface area (Å²) in [5.74, 6) is 0. The van der Waals surface area contributed by atoms with E-state index in [4.69, 9.17) is 4.74 Å². The van der Waals surface area contributed by atoms with Crippen LogP contribution in [0, 0.1) is 0 Å². The maximum Gasteiger partial charge on any atom is 0.149 e. The zero-order valence-electron chi connectivity index (χ0n) is 12.9. The predicted molar refractivity (Wildman–Crippen MR) is 91.0 cm³/mol. The lowest BCUT2D eigenvalue weighted by Gasteiger charge is -2.14. The molecule has 2 heteroatoms. The SMILES string of the molecule is C[Si](C)(C)/C=C/C1OC1(c1ccccc1)c1ccccc1. The Morgan fingerprint density at radius 3 is 1.76 bits per heavy atom. The highest BCUT2D eigenvalue weighted by Gasteiger charge is 2.57. The lowest BCUT2D eigenvalue weighted by Crippen LogP contribution is -2.18. The van der Waals surface area contributed by atoms with Gasteiger partial charge >= 0.3 is 0 Å². The molecule has 1 saturated heterocycles. The van der Waals surface area contributed by atoms with Gasteiger partial charge in [0.2, 0.25) is 0 Å². The van der Waals surface area contributed by atoms with E-state index in [1.807, 2.05) is 0 Å². The van der Waals surface area contributed by atoms with Crippen LogP contribution in [-0.2, 0) is 10.3 Å². The first kappa shape index (κ1) is 14.3. The van der Waals surface area contributed by atoms with E-state index < -0.39 is 8.07 Å². The number of rotatable bonds is 4. The quantitative estimate of drug-likeness (QED) is 0.585. The average Bonchev–Trinajstić information content (AvgIpc) is 3.22. The Kier molecular flexibility index (Phi) is 3.60. The van der Waals surface area contributed by atoms with Crippen LogP contribution in [0.15, 0.2) is 72.4 Å². The Bertz CT molecular complexity index is 586. The van der Waals surface area contributed by atoms with Crippen LogP contribution >= 0.6 is 0 Å². The van der Waals surface area contributed by atoms with Gasteiger partial charge in [0.1, 0.15) is 11.7 Å². The van der Waals surface area contributed by atoms with E-state index in [-0.39, 0.29) is 11.7 Å². The van der Waals surface area contributed by atoms with Crippen molar-refractivity contribution < 1.29 is 4.74 Å². The topological polar surface area (TPSA) is 12.5 Å². The molecule has 1 aliphatic rings. The number of hydrogen-bond donors (Lipinski definition) is 0. The van der Waals surface area contributed by atoms with Crippen LogP contribution in [-0.4, -0.2) is 14.2 Å². The van der Waals surface area contributed by atoms with Gasteiger partial charge in [-0.1, -0.05) is 92.1 Å². The largest absolute Gasteiger partial charge is 0.351 e. The van der Waals surface area contributed by atoms with Gasteiger partial charge in [0.15, 0.2) is 0 Å². The second-order valence-electron chi connectivity index (χ2n) is 6.73. The normalized spacial score (nSPS) is 20.6. The summed E-state index contributed by atoms with van der Waals surface area (Å²) in [6.07, 6.45) is 2.42. The van der Waals surface area contributed by atoms with Crippen LogP contribution in [0.2, 0.25) is 19.6 Å². The third-order valence-electron chi connectivity index (χ3n) is 3.83. The molecule has 3 rings (SSSR count). The lowest BCUT2D eigenvalue weighted by atomic mass is 9.88. The van der Waals surface area contributed by atoms with Crippen LogP contribution in [0.4, 0.5) is 0 Å². The highest BCUT2D eigenvalue weighted by molar-refractivity contribution is 6.80. The van der Waals surface area contributed by atoms with Crippen LogP contribution in [0.3, 0.4) is 0 Å². The van der Waals surface area contributed by atoms with Crippen molar-refractivity contribution in [1.82, 2.24) is 0 Å². The maximum absolute atomic E-state index is 6.21. The predicted octanol–water partition coefficient (Wildman–Crippen LogP) is 4.76. The molecular formula is C19H22OSi. The second-order valence-corrected chi connectivity index (χ2v) is 11.8. The molecule has 1 aliphatic heterocycles. The molecule has 1 nitrogen and oxygen atoms in total.